The molecule has 2 aliphatic rings. The van der Waals surface area contributed by atoms with E-state index in [-0.39, 0.29) is 23.4 Å². The van der Waals surface area contributed by atoms with E-state index in [9.17, 15) is 9.59 Å². The fraction of sp³-hybridized carbons (Fsp3) is 0.579. The molecule has 1 aliphatic heterocycles. The van der Waals surface area contributed by atoms with Gasteiger partial charge in [-0.3, -0.25) is 4.79 Å². The van der Waals surface area contributed by atoms with E-state index in [1.54, 1.807) is 25.9 Å². The maximum atomic E-state index is 12.2. The molecule has 3 rings (SSSR count). The van der Waals surface area contributed by atoms with Crippen molar-refractivity contribution < 1.29 is 9.59 Å². The molecule has 1 aliphatic carbocycles. The number of piperidine rings is 1. The molecular formula is C19H27N3O2. The molecule has 3 amide bonds. The summed E-state index contributed by atoms with van der Waals surface area (Å²) in [5.41, 5.74) is 3.95. The van der Waals surface area contributed by atoms with Crippen molar-refractivity contribution in [2.45, 2.75) is 44.6 Å². The predicted molar refractivity (Wildman–Crippen MR) is 93.9 cm³/mol. The molecule has 1 atom stereocenters. The molecule has 1 saturated heterocycles. The van der Waals surface area contributed by atoms with Gasteiger partial charge in [0.15, 0.2) is 0 Å². The summed E-state index contributed by atoms with van der Waals surface area (Å²) in [6, 6.07) is 6.57. The van der Waals surface area contributed by atoms with Gasteiger partial charge in [-0.25, -0.2) is 4.79 Å². The van der Waals surface area contributed by atoms with Crippen LogP contribution in [0.1, 0.15) is 48.9 Å². The first-order chi connectivity index (χ1) is 11.3. The Bertz CT molecular complexity index is 661. The van der Waals surface area contributed by atoms with Crippen LogP contribution in [0.25, 0.3) is 0 Å². The molecule has 0 aromatic heterocycles. The monoisotopic (exact) mass is 329 g/mol. The molecule has 24 heavy (non-hydrogen) atoms. The van der Waals surface area contributed by atoms with Crippen LogP contribution in [0.3, 0.4) is 0 Å². The first-order valence-corrected chi connectivity index (χ1v) is 8.67. The molecule has 1 aromatic rings. The van der Waals surface area contributed by atoms with Crippen molar-refractivity contribution in [1.82, 2.24) is 15.1 Å². The molecule has 5 heteroatoms. The van der Waals surface area contributed by atoms with Gasteiger partial charge < -0.3 is 15.1 Å². The number of nitrogens with one attached hydrogen (secondary N) is 1. The maximum Gasteiger partial charge on any atom is 0.317 e. The number of carbonyl (C=O) groups is 2. The minimum Gasteiger partial charge on any atom is -0.343 e. The molecule has 0 bridgehead atoms. The maximum absolute atomic E-state index is 12.2. The number of carbonyl (C=O) groups excluding carboxylic acids is 2. The molecule has 1 N–H and O–H groups in total. The van der Waals surface area contributed by atoms with Gasteiger partial charge >= 0.3 is 6.03 Å². The van der Waals surface area contributed by atoms with Gasteiger partial charge in [0.1, 0.15) is 0 Å². The Balaban J connectivity index is 1.89. The Kier molecular flexibility index (Phi) is 4.28. The summed E-state index contributed by atoms with van der Waals surface area (Å²) < 4.78 is 0. The van der Waals surface area contributed by atoms with Crippen LogP contribution in [-0.4, -0.2) is 48.9 Å². The summed E-state index contributed by atoms with van der Waals surface area (Å²) in [6.45, 7) is 5.36. The third-order valence-electron chi connectivity index (χ3n) is 5.62. The second-order valence-electron chi connectivity index (χ2n) is 7.48. The molecule has 1 fully saturated rings. The summed E-state index contributed by atoms with van der Waals surface area (Å²) in [6.07, 6.45) is 2.87. The highest BCUT2D eigenvalue weighted by Crippen LogP contribution is 2.51. The number of urea groups is 1. The van der Waals surface area contributed by atoms with E-state index in [2.05, 4.69) is 30.4 Å². The molecule has 0 saturated carbocycles. The highest BCUT2D eigenvalue weighted by molar-refractivity contribution is 5.75. The summed E-state index contributed by atoms with van der Waals surface area (Å²) in [5.74, 6) is 0.157. The lowest BCUT2D eigenvalue weighted by Gasteiger charge is -2.40. The number of rotatable bonds is 1. The molecule has 1 aromatic carbocycles. The van der Waals surface area contributed by atoms with Crippen LogP contribution in [-0.2, 0) is 10.2 Å². The zero-order valence-corrected chi connectivity index (χ0v) is 15.1. The Morgan fingerprint density at radius 1 is 1.25 bits per heavy atom. The molecular weight excluding hydrogens is 302 g/mol. The highest BCUT2D eigenvalue weighted by atomic mass is 16.2. The number of nitrogens with zero attached hydrogens (tertiary/aromatic N) is 2. The number of aryl methyl sites for hydroxylation is 1. The van der Waals surface area contributed by atoms with E-state index in [0.717, 1.165) is 32.4 Å². The van der Waals surface area contributed by atoms with Crippen molar-refractivity contribution in [2.75, 3.05) is 27.2 Å². The molecule has 1 spiro atoms. The topological polar surface area (TPSA) is 52.7 Å². The van der Waals surface area contributed by atoms with E-state index in [4.69, 9.17) is 0 Å². The van der Waals surface area contributed by atoms with Gasteiger partial charge in [-0.05, 0) is 37.3 Å². The zero-order valence-electron chi connectivity index (χ0n) is 15.1. The van der Waals surface area contributed by atoms with Crippen molar-refractivity contribution >= 4 is 11.9 Å². The standard InChI is InChI=1S/C19H27N3O2/c1-13-5-6-15-16(11-13)19(7-9-22(10-8-19)14(2)23)12-17(15)20-18(24)21(3)4/h5-6,11,17H,7-10,12H2,1-4H3,(H,20,24)/t17-/m1/s1. The van der Waals surface area contributed by atoms with Gasteiger partial charge in [0.05, 0.1) is 6.04 Å². The largest absolute Gasteiger partial charge is 0.343 e. The van der Waals surface area contributed by atoms with Crippen molar-refractivity contribution in [2.24, 2.45) is 0 Å². The van der Waals surface area contributed by atoms with Gasteiger partial charge in [-0.15, -0.1) is 0 Å². The van der Waals surface area contributed by atoms with Crippen molar-refractivity contribution in [3.05, 3.63) is 34.9 Å². The Labute approximate surface area is 144 Å². The van der Waals surface area contributed by atoms with Gasteiger partial charge in [0, 0.05) is 39.5 Å². The molecule has 0 radical (unpaired) electrons. The van der Waals surface area contributed by atoms with E-state index in [1.165, 1.54) is 16.7 Å². The molecule has 1 heterocycles. The number of likely N-dealkylation sites (tertiary alicyclic amines) is 1. The van der Waals surface area contributed by atoms with Crippen LogP contribution in [0, 0.1) is 6.92 Å². The molecule has 5 nitrogen and oxygen atoms in total. The van der Waals surface area contributed by atoms with Crippen LogP contribution in [0.5, 0.6) is 0 Å². The lowest BCUT2D eigenvalue weighted by molar-refractivity contribution is -0.130. The Hall–Kier alpha value is -2.04. The quantitative estimate of drug-likeness (QED) is 0.861. The average Bonchev–Trinajstić information content (AvgIpc) is 2.81. The lowest BCUT2D eigenvalue weighted by atomic mass is 9.73. The zero-order chi connectivity index (χ0) is 17.5. The third-order valence-corrected chi connectivity index (χ3v) is 5.62. The van der Waals surface area contributed by atoms with Crippen molar-refractivity contribution in [3.8, 4) is 0 Å². The fourth-order valence-electron chi connectivity index (χ4n) is 4.17. The van der Waals surface area contributed by atoms with Crippen molar-refractivity contribution in [3.63, 3.8) is 0 Å². The average molecular weight is 329 g/mol. The van der Waals surface area contributed by atoms with Crippen LogP contribution >= 0.6 is 0 Å². The van der Waals surface area contributed by atoms with Gasteiger partial charge in [-0.1, -0.05) is 23.8 Å². The first-order valence-electron chi connectivity index (χ1n) is 8.67. The second-order valence-corrected chi connectivity index (χ2v) is 7.48. The second kappa shape index (κ2) is 6.11. The van der Waals surface area contributed by atoms with Crippen LogP contribution < -0.4 is 5.32 Å². The van der Waals surface area contributed by atoms with E-state index < -0.39 is 0 Å². The van der Waals surface area contributed by atoms with Crippen molar-refractivity contribution in [1.29, 1.82) is 0 Å². The molecule has 130 valence electrons. The van der Waals surface area contributed by atoms with Gasteiger partial charge in [-0.2, -0.15) is 0 Å². The summed E-state index contributed by atoms with van der Waals surface area (Å²) >= 11 is 0. The fourth-order valence-corrected chi connectivity index (χ4v) is 4.17. The lowest BCUT2D eigenvalue weighted by Crippen LogP contribution is -2.44. The summed E-state index contributed by atoms with van der Waals surface area (Å²) in [5, 5.41) is 3.17. The summed E-state index contributed by atoms with van der Waals surface area (Å²) in [4.78, 5) is 27.3. The number of benzene rings is 1. The van der Waals surface area contributed by atoms with Crippen LogP contribution in [0.2, 0.25) is 0 Å². The SMILES string of the molecule is CC(=O)N1CCC2(CC1)C[C@@H](NC(=O)N(C)C)c1ccc(C)cc12. The van der Waals surface area contributed by atoms with E-state index in [1.807, 2.05) is 4.90 Å². The highest BCUT2D eigenvalue weighted by Gasteiger charge is 2.46. The number of hydrogen-bond acceptors (Lipinski definition) is 2. The van der Waals surface area contributed by atoms with E-state index >= 15 is 0 Å². The van der Waals surface area contributed by atoms with E-state index in [0.29, 0.717) is 0 Å². The van der Waals surface area contributed by atoms with Gasteiger partial charge in [0.2, 0.25) is 5.91 Å². The Morgan fingerprint density at radius 2 is 1.92 bits per heavy atom. The smallest absolute Gasteiger partial charge is 0.317 e. The number of amides is 3. The number of fused-ring (bicyclic) bond motifs is 2. The predicted octanol–water partition coefficient (Wildman–Crippen LogP) is 2.59. The third kappa shape index (κ3) is 2.87. The molecule has 0 unspecified atom stereocenters. The van der Waals surface area contributed by atoms with Crippen LogP contribution in [0.4, 0.5) is 4.79 Å². The minimum atomic E-state index is -0.0512. The normalized spacial score (nSPS) is 21.5. The van der Waals surface area contributed by atoms with Gasteiger partial charge in [0.25, 0.3) is 0 Å². The summed E-state index contributed by atoms with van der Waals surface area (Å²) in [7, 11) is 3.53. The number of hydrogen-bond donors (Lipinski definition) is 1. The minimum absolute atomic E-state index is 0.0512. The van der Waals surface area contributed by atoms with Crippen LogP contribution in [0.15, 0.2) is 18.2 Å². The first kappa shape index (κ1) is 16.8. The Morgan fingerprint density at radius 3 is 2.50 bits per heavy atom.